The molecule has 0 saturated carbocycles. The summed E-state index contributed by atoms with van der Waals surface area (Å²) in [7, 11) is 0. The number of amides is 2. The van der Waals surface area contributed by atoms with Gasteiger partial charge in [0.2, 0.25) is 0 Å². The second-order valence-corrected chi connectivity index (χ2v) is 3.67. The molecule has 0 atom stereocenters. The van der Waals surface area contributed by atoms with E-state index in [9.17, 15) is 4.79 Å². The van der Waals surface area contributed by atoms with E-state index in [4.69, 9.17) is 0 Å². The molecule has 68 valence electrons. The van der Waals surface area contributed by atoms with Crippen LogP contribution in [0.1, 0.15) is 25.7 Å². The van der Waals surface area contributed by atoms with Crippen molar-refractivity contribution < 1.29 is 4.79 Å². The summed E-state index contributed by atoms with van der Waals surface area (Å²) >= 11 is 0. The quantitative estimate of drug-likeness (QED) is 0.500. The van der Waals surface area contributed by atoms with Gasteiger partial charge in [-0.1, -0.05) is 12.8 Å². The lowest BCUT2D eigenvalue weighted by Gasteiger charge is -2.20. The van der Waals surface area contributed by atoms with Crippen molar-refractivity contribution in [1.82, 2.24) is 9.80 Å². The molecule has 2 amide bonds. The lowest BCUT2D eigenvalue weighted by atomic mass is 10.2. The van der Waals surface area contributed by atoms with Crippen molar-refractivity contribution in [1.29, 1.82) is 0 Å². The number of likely N-dealkylation sites (tertiary alicyclic amines) is 1. The molecule has 0 radical (unpaired) electrons. The Morgan fingerprint density at radius 3 is 1.75 bits per heavy atom. The standard InChI is InChI=1S/C9H16N2O/c12-9(11-7-8-11)10-5-3-1-2-4-6-10/h1-8H2. The van der Waals surface area contributed by atoms with Gasteiger partial charge in [-0.3, -0.25) is 0 Å². The van der Waals surface area contributed by atoms with Gasteiger partial charge in [0.15, 0.2) is 0 Å². The second kappa shape index (κ2) is 3.33. The van der Waals surface area contributed by atoms with Crippen molar-refractivity contribution in [2.24, 2.45) is 0 Å². The van der Waals surface area contributed by atoms with E-state index < -0.39 is 0 Å². The Kier molecular flexibility index (Phi) is 2.19. The van der Waals surface area contributed by atoms with Gasteiger partial charge in [0.25, 0.3) is 0 Å². The lowest BCUT2D eigenvalue weighted by molar-refractivity contribution is 0.186. The largest absolute Gasteiger partial charge is 0.325 e. The van der Waals surface area contributed by atoms with Crippen LogP contribution in [0.15, 0.2) is 0 Å². The number of carbonyl (C=O) groups is 1. The third-order valence-corrected chi connectivity index (χ3v) is 2.59. The lowest BCUT2D eigenvalue weighted by Crippen LogP contribution is -2.35. The van der Waals surface area contributed by atoms with Crippen molar-refractivity contribution in [2.45, 2.75) is 25.7 Å². The van der Waals surface area contributed by atoms with Gasteiger partial charge in [-0.15, -0.1) is 0 Å². The minimum atomic E-state index is 0.275. The number of hydrogen-bond acceptors (Lipinski definition) is 1. The number of hydrogen-bond donors (Lipinski definition) is 0. The van der Waals surface area contributed by atoms with E-state index in [1.54, 1.807) is 0 Å². The Morgan fingerprint density at radius 1 is 0.750 bits per heavy atom. The van der Waals surface area contributed by atoms with Gasteiger partial charge in [-0.2, -0.15) is 0 Å². The summed E-state index contributed by atoms with van der Waals surface area (Å²) in [6, 6.07) is 0.275. The summed E-state index contributed by atoms with van der Waals surface area (Å²) in [5.41, 5.74) is 0. The van der Waals surface area contributed by atoms with E-state index in [1.807, 2.05) is 9.80 Å². The zero-order valence-electron chi connectivity index (χ0n) is 7.46. The molecule has 0 aromatic rings. The number of rotatable bonds is 0. The fourth-order valence-electron chi connectivity index (χ4n) is 1.70. The van der Waals surface area contributed by atoms with Crippen LogP contribution in [-0.4, -0.2) is 42.0 Å². The van der Waals surface area contributed by atoms with Crippen LogP contribution in [0.25, 0.3) is 0 Å². The maximum Gasteiger partial charge on any atom is 0.320 e. The van der Waals surface area contributed by atoms with E-state index in [2.05, 4.69) is 0 Å². The molecule has 2 fully saturated rings. The second-order valence-electron chi connectivity index (χ2n) is 3.67. The van der Waals surface area contributed by atoms with Gasteiger partial charge in [0, 0.05) is 26.2 Å². The molecule has 0 unspecified atom stereocenters. The van der Waals surface area contributed by atoms with Crippen molar-refractivity contribution in [3.05, 3.63) is 0 Å². The zero-order valence-corrected chi connectivity index (χ0v) is 7.46. The van der Waals surface area contributed by atoms with Crippen LogP contribution in [0.4, 0.5) is 4.79 Å². The SMILES string of the molecule is O=C(N1CCCCCC1)N1CC1. The highest BCUT2D eigenvalue weighted by atomic mass is 16.2. The number of carbonyl (C=O) groups excluding carboxylic acids is 1. The fourth-order valence-corrected chi connectivity index (χ4v) is 1.70. The van der Waals surface area contributed by atoms with Crippen LogP contribution in [-0.2, 0) is 0 Å². The summed E-state index contributed by atoms with van der Waals surface area (Å²) in [5.74, 6) is 0. The first-order valence-corrected chi connectivity index (χ1v) is 4.92. The van der Waals surface area contributed by atoms with E-state index >= 15 is 0 Å². The molecule has 0 aromatic heterocycles. The van der Waals surface area contributed by atoms with Crippen LogP contribution in [0.5, 0.6) is 0 Å². The Bertz CT molecular complexity index is 169. The Balaban J connectivity index is 1.87. The van der Waals surface area contributed by atoms with E-state index in [1.165, 1.54) is 25.7 Å². The minimum absolute atomic E-state index is 0.275. The molecular formula is C9H16N2O. The molecule has 2 aliphatic rings. The Hall–Kier alpha value is -0.730. The van der Waals surface area contributed by atoms with Gasteiger partial charge < -0.3 is 9.80 Å². The van der Waals surface area contributed by atoms with E-state index in [0.29, 0.717) is 0 Å². The monoisotopic (exact) mass is 168 g/mol. The van der Waals surface area contributed by atoms with Crippen LogP contribution in [0.2, 0.25) is 0 Å². The maximum atomic E-state index is 11.6. The van der Waals surface area contributed by atoms with Crippen LogP contribution in [0, 0.1) is 0 Å². The molecule has 0 spiro atoms. The highest BCUT2D eigenvalue weighted by Crippen LogP contribution is 2.14. The van der Waals surface area contributed by atoms with Crippen molar-refractivity contribution >= 4 is 6.03 Å². The molecule has 2 rings (SSSR count). The maximum absolute atomic E-state index is 11.6. The summed E-state index contributed by atoms with van der Waals surface area (Å²) in [6.07, 6.45) is 4.98. The molecule has 0 N–H and O–H groups in total. The smallest absolute Gasteiger partial charge is 0.320 e. The van der Waals surface area contributed by atoms with Crippen LogP contribution >= 0.6 is 0 Å². The van der Waals surface area contributed by atoms with E-state index in [-0.39, 0.29) is 6.03 Å². The van der Waals surface area contributed by atoms with Crippen molar-refractivity contribution in [3.63, 3.8) is 0 Å². The Morgan fingerprint density at radius 2 is 1.25 bits per heavy atom. The number of nitrogens with zero attached hydrogens (tertiary/aromatic N) is 2. The average molecular weight is 168 g/mol. The Labute approximate surface area is 73.3 Å². The zero-order chi connectivity index (χ0) is 8.39. The molecule has 3 nitrogen and oxygen atoms in total. The highest BCUT2D eigenvalue weighted by molar-refractivity contribution is 5.76. The third-order valence-electron chi connectivity index (χ3n) is 2.59. The van der Waals surface area contributed by atoms with Crippen LogP contribution < -0.4 is 0 Å². The summed E-state index contributed by atoms with van der Waals surface area (Å²) in [6.45, 7) is 3.93. The highest BCUT2D eigenvalue weighted by Gasteiger charge is 2.28. The molecule has 2 saturated heterocycles. The van der Waals surface area contributed by atoms with Gasteiger partial charge in [0.05, 0.1) is 0 Å². The summed E-state index contributed by atoms with van der Waals surface area (Å²) in [5, 5.41) is 0. The van der Waals surface area contributed by atoms with Gasteiger partial charge in [-0.25, -0.2) is 4.79 Å². The first-order valence-electron chi connectivity index (χ1n) is 4.92. The van der Waals surface area contributed by atoms with Gasteiger partial charge in [-0.05, 0) is 12.8 Å². The average Bonchev–Trinajstić information content (AvgIpc) is 2.92. The first kappa shape index (κ1) is 7.90. The van der Waals surface area contributed by atoms with Crippen LogP contribution in [0.3, 0.4) is 0 Å². The molecule has 2 heterocycles. The molecule has 0 bridgehead atoms. The predicted molar refractivity (Wildman–Crippen MR) is 47.0 cm³/mol. The van der Waals surface area contributed by atoms with Gasteiger partial charge in [0.1, 0.15) is 0 Å². The van der Waals surface area contributed by atoms with E-state index in [0.717, 1.165) is 26.2 Å². The molecule has 2 aliphatic heterocycles. The molecule has 0 aliphatic carbocycles. The molecular weight excluding hydrogens is 152 g/mol. The topological polar surface area (TPSA) is 23.3 Å². The third kappa shape index (κ3) is 1.71. The minimum Gasteiger partial charge on any atom is -0.325 e. The predicted octanol–water partition coefficient (Wildman–Crippen LogP) is 1.30. The molecule has 3 heteroatoms. The fraction of sp³-hybridized carbons (Fsp3) is 0.889. The first-order chi connectivity index (χ1) is 5.88. The normalized spacial score (nSPS) is 23.7. The van der Waals surface area contributed by atoms with Gasteiger partial charge >= 0.3 is 6.03 Å². The molecule has 0 aromatic carbocycles. The van der Waals surface area contributed by atoms with Crippen molar-refractivity contribution in [2.75, 3.05) is 26.2 Å². The summed E-state index contributed by atoms with van der Waals surface area (Å²) < 4.78 is 0. The number of urea groups is 1. The van der Waals surface area contributed by atoms with Crippen molar-refractivity contribution in [3.8, 4) is 0 Å². The molecule has 12 heavy (non-hydrogen) atoms. The summed E-state index contributed by atoms with van der Waals surface area (Å²) in [4.78, 5) is 15.5.